The molecule has 0 saturated heterocycles. The number of carbonyl (C=O) groups excluding carboxylic acids is 1. The highest BCUT2D eigenvalue weighted by atomic mass is 16.7. The number of rotatable bonds is 6. The van der Waals surface area contributed by atoms with Gasteiger partial charge in [0.05, 0.1) is 20.3 Å². The Hall–Kier alpha value is -3.13. The van der Waals surface area contributed by atoms with Crippen LogP contribution in [-0.2, 0) is 22.5 Å². The summed E-state index contributed by atoms with van der Waals surface area (Å²) in [7, 11) is 5.11. The minimum Gasteiger partial charge on any atom is -0.504 e. The van der Waals surface area contributed by atoms with Gasteiger partial charge in [-0.1, -0.05) is 19.4 Å². The van der Waals surface area contributed by atoms with Crippen molar-refractivity contribution < 1.29 is 33.6 Å². The second-order valence-corrected chi connectivity index (χ2v) is 8.04. The SMILES string of the molecule is CCCc1cc2c(c(O)c1C1C(OC(C)=O)c3ccc(OC)c(OC)c3CN1C)OCO2. The molecule has 0 spiro atoms. The van der Waals surface area contributed by atoms with E-state index in [0.717, 1.165) is 29.5 Å². The van der Waals surface area contributed by atoms with Gasteiger partial charge in [0.15, 0.2) is 23.0 Å². The molecule has 172 valence electrons. The Morgan fingerprint density at radius 2 is 2.03 bits per heavy atom. The number of benzene rings is 2. The third-order valence-electron chi connectivity index (χ3n) is 6.03. The number of hydrogen-bond donors (Lipinski definition) is 1. The largest absolute Gasteiger partial charge is 0.504 e. The van der Waals surface area contributed by atoms with Crippen LogP contribution in [0.25, 0.3) is 0 Å². The standard InChI is InChI=1S/C24H29NO7/c1-6-7-14-10-18-24(31-12-30-18)21(27)19(14)20-23(32-13(2)26)15-8-9-17(28-4)22(29-5)16(15)11-25(20)3/h8-10,20,23,27H,6-7,11-12H2,1-5H3. The van der Waals surface area contributed by atoms with Crippen LogP contribution in [0.4, 0.5) is 0 Å². The Kier molecular flexibility index (Phi) is 6.06. The van der Waals surface area contributed by atoms with Crippen molar-refractivity contribution >= 4 is 5.97 Å². The third-order valence-corrected chi connectivity index (χ3v) is 6.03. The van der Waals surface area contributed by atoms with Gasteiger partial charge in [0.2, 0.25) is 12.5 Å². The van der Waals surface area contributed by atoms with Crippen molar-refractivity contribution in [1.82, 2.24) is 4.90 Å². The number of hydrogen-bond acceptors (Lipinski definition) is 8. The molecule has 2 aliphatic heterocycles. The van der Waals surface area contributed by atoms with Crippen LogP contribution in [0.2, 0.25) is 0 Å². The maximum atomic E-state index is 12.2. The smallest absolute Gasteiger partial charge is 0.303 e. The minimum atomic E-state index is -0.664. The quantitative estimate of drug-likeness (QED) is 0.673. The van der Waals surface area contributed by atoms with Crippen molar-refractivity contribution in [3.05, 3.63) is 40.5 Å². The zero-order valence-electron chi connectivity index (χ0n) is 19.1. The number of nitrogens with zero attached hydrogens (tertiary/aromatic N) is 1. The number of fused-ring (bicyclic) bond motifs is 2. The van der Waals surface area contributed by atoms with Gasteiger partial charge in [-0.15, -0.1) is 0 Å². The third kappa shape index (κ3) is 3.58. The van der Waals surface area contributed by atoms with Crippen LogP contribution in [0.5, 0.6) is 28.7 Å². The normalized spacial score (nSPS) is 19.4. The molecular weight excluding hydrogens is 414 g/mol. The van der Waals surface area contributed by atoms with Gasteiger partial charge in [-0.05, 0) is 31.2 Å². The highest BCUT2D eigenvalue weighted by Crippen LogP contribution is 2.54. The van der Waals surface area contributed by atoms with Gasteiger partial charge in [-0.2, -0.15) is 0 Å². The topological polar surface area (TPSA) is 86.7 Å². The number of phenols is 1. The summed E-state index contributed by atoms with van der Waals surface area (Å²) in [5.74, 6) is 1.69. The molecule has 0 radical (unpaired) electrons. The van der Waals surface area contributed by atoms with E-state index in [1.165, 1.54) is 6.92 Å². The summed E-state index contributed by atoms with van der Waals surface area (Å²) >= 11 is 0. The van der Waals surface area contributed by atoms with E-state index in [-0.39, 0.29) is 12.5 Å². The first-order valence-electron chi connectivity index (χ1n) is 10.7. The molecule has 1 N–H and O–H groups in total. The summed E-state index contributed by atoms with van der Waals surface area (Å²) in [6.07, 6.45) is 0.945. The van der Waals surface area contributed by atoms with Crippen LogP contribution in [0, 0.1) is 0 Å². The average molecular weight is 443 g/mol. The molecule has 8 nitrogen and oxygen atoms in total. The van der Waals surface area contributed by atoms with Crippen LogP contribution in [0.15, 0.2) is 18.2 Å². The molecule has 2 atom stereocenters. The van der Waals surface area contributed by atoms with Crippen molar-refractivity contribution in [3.8, 4) is 28.7 Å². The number of likely N-dealkylation sites (N-methyl/N-ethyl adjacent to an activating group) is 1. The number of aromatic hydroxyl groups is 1. The summed E-state index contributed by atoms with van der Waals surface area (Å²) in [6, 6.07) is 5.20. The summed E-state index contributed by atoms with van der Waals surface area (Å²) < 4.78 is 28.1. The van der Waals surface area contributed by atoms with Gasteiger partial charge in [0, 0.05) is 30.2 Å². The Morgan fingerprint density at radius 1 is 1.25 bits per heavy atom. The second-order valence-electron chi connectivity index (χ2n) is 8.04. The zero-order chi connectivity index (χ0) is 23.0. The molecule has 2 aromatic carbocycles. The molecule has 2 unspecified atom stereocenters. The minimum absolute atomic E-state index is 0.0291. The molecule has 2 heterocycles. The average Bonchev–Trinajstić information content (AvgIpc) is 3.23. The summed E-state index contributed by atoms with van der Waals surface area (Å²) in [6.45, 7) is 4.04. The van der Waals surface area contributed by atoms with E-state index in [1.807, 2.05) is 30.1 Å². The monoisotopic (exact) mass is 443 g/mol. The van der Waals surface area contributed by atoms with Crippen molar-refractivity contribution in [1.29, 1.82) is 0 Å². The van der Waals surface area contributed by atoms with E-state index in [2.05, 4.69) is 6.92 Å². The highest BCUT2D eigenvalue weighted by molar-refractivity contribution is 5.68. The summed E-state index contributed by atoms with van der Waals surface area (Å²) in [5.41, 5.74) is 3.33. The first-order valence-corrected chi connectivity index (χ1v) is 10.7. The van der Waals surface area contributed by atoms with Crippen LogP contribution in [0.3, 0.4) is 0 Å². The Labute approximate surface area is 187 Å². The maximum Gasteiger partial charge on any atom is 0.303 e. The van der Waals surface area contributed by atoms with Gasteiger partial charge in [0.25, 0.3) is 0 Å². The van der Waals surface area contributed by atoms with Gasteiger partial charge in [-0.3, -0.25) is 9.69 Å². The predicted molar refractivity (Wildman–Crippen MR) is 116 cm³/mol. The number of aryl methyl sites for hydroxylation is 1. The number of phenolic OH excluding ortho intramolecular Hbond substituents is 1. The van der Waals surface area contributed by atoms with E-state index in [0.29, 0.717) is 35.1 Å². The van der Waals surface area contributed by atoms with Crippen LogP contribution in [-0.4, -0.2) is 44.0 Å². The summed E-state index contributed by atoms with van der Waals surface area (Å²) in [5, 5.41) is 11.3. The highest BCUT2D eigenvalue weighted by Gasteiger charge is 2.42. The van der Waals surface area contributed by atoms with E-state index in [1.54, 1.807) is 14.2 Å². The van der Waals surface area contributed by atoms with Crippen molar-refractivity contribution in [2.45, 2.75) is 45.4 Å². The molecular formula is C24H29NO7. The fourth-order valence-electron chi connectivity index (χ4n) is 4.76. The van der Waals surface area contributed by atoms with Gasteiger partial charge in [-0.25, -0.2) is 0 Å². The molecule has 0 fully saturated rings. The molecule has 0 saturated carbocycles. The van der Waals surface area contributed by atoms with Gasteiger partial charge in [0.1, 0.15) is 6.10 Å². The lowest BCUT2D eigenvalue weighted by Gasteiger charge is -2.41. The first kappa shape index (κ1) is 22.1. The molecule has 0 aliphatic carbocycles. The van der Waals surface area contributed by atoms with E-state index >= 15 is 0 Å². The van der Waals surface area contributed by atoms with Crippen LogP contribution >= 0.6 is 0 Å². The van der Waals surface area contributed by atoms with E-state index < -0.39 is 18.1 Å². The fourth-order valence-corrected chi connectivity index (χ4v) is 4.76. The first-order chi connectivity index (χ1) is 15.4. The molecule has 2 aromatic rings. The van der Waals surface area contributed by atoms with Gasteiger partial charge >= 0.3 is 5.97 Å². The predicted octanol–water partition coefficient (Wildman–Crippen LogP) is 3.88. The van der Waals surface area contributed by atoms with Gasteiger partial charge < -0.3 is 28.8 Å². The number of carbonyl (C=O) groups is 1. The molecule has 0 aromatic heterocycles. The van der Waals surface area contributed by atoms with Crippen molar-refractivity contribution in [2.75, 3.05) is 28.1 Å². The molecule has 0 bridgehead atoms. The van der Waals surface area contributed by atoms with E-state index in [9.17, 15) is 9.90 Å². The lowest BCUT2D eigenvalue weighted by molar-refractivity contribution is -0.151. The lowest BCUT2D eigenvalue weighted by atomic mass is 9.83. The number of methoxy groups -OCH3 is 2. The van der Waals surface area contributed by atoms with E-state index in [4.69, 9.17) is 23.7 Å². The second kappa shape index (κ2) is 8.78. The van der Waals surface area contributed by atoms with Crippen LogP contribution in [0.1, 0.15) is 54.7 Å². The maximum absolute atomic E-state index is 12.2. The Bertz CT molecular complexity index is 1040. The molecule has 0 amide bonds. The molecule has 4 rings (SSSR count). The Balaban J connectivity index is 1.93. The fraction of sp³-hybridized carbons (Fsp3) is 0.458. The summed E-state index contributed by atoms with van der Waals surface area (Å²) in [4.78, 5) is 14.2. The lowest BCUT2D eigenvalue weighted by Crippen LogP contribution is -2.37. The molecule has 32 heavy (non-hydrogen) atoms. The molecule has 2 aliphatic rings. The molecule has 8 heteroatoms. The van der Waals surface area contributed by atoms with Crippen molar-refractivity contribution in [3.63, 3.8) is 0 Å². The number of ether oxygens (including phenoxy) is 5. The van der Waals surface area contributed by atoms with Crippen molar-refractivity contribution in [2.24, 2.45) is 0 Å². The zero-order valence-corrected chi connectivity index (χ0v) is 19.1. The number of esters is 1. The Morgan fingerprint density at radius 3 is 2.69 bits per heavy atom. The van der Waals surface area contributed by atoms with Crippen LogP contribution < -0.4 is 18.9 Å².